The van der Waals surface area contributed by atoms with E-state index in [1.165, 1.54) is 12.3 Å². The topological polar surface area (TPSA) is 55.0 Å². The van der Waals surface area contributed by atoms with Crippen LogP contribution in [0.5, 0.6) is 0 Å². The number of aromatic amines is 1. The number of aromatic nitrogens is 2. The average molecular weight is 258 g/mol. The van der Waals surface area contributed by atoms with E-state index in [-0.39, 0.29) is 11.5 Å². The molecule has 0 unspecified atom stereocenters. The number of para-hydroxylation sites is 1. The van der Waals surface area contributed by atoms with Crippen LogP contribution in [0.25, 0.3) is 21.8 Å². The zero-order valence-corrected chi connectivity index (χ0v) is 10.2. The van der Waals surface area contributed by atoms with E-state index in [0.717, 1.165) is 10.8 Å². The molecule has 0 aliphatic rings. The number of carbonyl (C=O) groups excluding carboxylic acids is 1. The van der Waals surface area contributed by atoms with Crippen molar-refractivity contribution in [2.75, 3.05) is 6.61 Å². The number of ether oxygens (including phenoxy) is 1. The van der Waals surface area contributed by atoms with E-state index in [1.54, 1.807) is 25.1 Å². The third-order valence-corrected chi connectivity index (χ3v) is 2.95. The summed E-state index contributed by atoms with van der Waals surface area (Å²) in [5.41, 5.74) is 1.33. The van der Waals surface area contributed by atoms with Crippen molar-refractivity contribution in [3.63, 3.8) is 0 Å². The molecule has 19 heavy (non-hydrogen) atoms. The Kier molecular flexibility index (Phi) is 2.67. The standard InChI is InChI=1S/C14H11FN2O2/c1-2-19-14(18)11-6-9-8-4-3-5-10(15)13(8)17-12(9)7-16-11/h3-7,17H,2H2,1H3. The second-order valence-corrected chi connectivity index (χ2v) is 4.12. The van der Waals surface area contributed by atoms with Gasteiger partial charge in [-0.2, -0.15) is 0 Å². The molecule has 96 valence electrons. The van der Waals surface area contributed by atoms with Gasteiger partial charge in [0.15, 0.2) is 0 Å². The van der Waals surface area contributed by atoms with E-state index in [2.05, 4.69) is 9.97 Å². The molecule has 2 heterocycles. The molecule has 2 aromatic heterocycles. The molecule has 0 amide bonds. The number of fused-ring (bicyclic) bond motifs is 3. The van der Waals surface area contributed by atoms with Crippen LogP contribution in [0.3, 0.4) is 0 Å². The average Bonchev–Trinajstić information content (AvgIpc) is 2.78. The van der Waals surface area contributed by atoms with Crippen molar-refractivity contribution >= 4 is 27.8 Å². The molecular formula is C14H11FN2O2. The van der Waals surface area contributed by atoms with E-state index in [4.69, 9.17) is 4.74 Å². The van der Waals surface area contributed by atoms with Crippen LogP contribution in [0.15, 0.2) is 30.5 Å². The van der Waals surface area contributed by atoms with Crippen molar-refractivity contribution in [2.45, 2.75) is 6.92 Å². The Morgan fingerprint density at radius 2 is 2.26 bits per heavy atom. The number of esters is 1. The second kappa shape index (κ2) is 4.35. The fourth-order valence-corrected chi connectivity index (χ4v) is 2.10. The van der Waals surface area contributed by atoms with Crippen LogP contribution >= 0.6 is 0 Å². The van der Waals surface area contributed by atoms with Crippen molar-refractivity contribution in [2.24, 2.45) is 0 Å². The number of pyridine rings is 1. The molecule has 0 radical (unpaired) electrons. The highest BCUT2D eigenvalue weighted by atomic mass is 19.1. The van der Waals surface area contributed by atoms with Crippen LogP contribution in [0.2, 0.25) is 0 Å². The number of nitrogens with zero attached hydrogens (tertiary/aromatic N) is 1. The van der Waals surface area contributed by atoms with Gasteiger partial charge in [-0.3, -0.25) is 0 Å². The van der Waals surface area contributed by atoms with E-state index in [1.807, 2.05) is 0 Å². The van der Waals surface area contributed by atoms with Crippen LogP contribution < -0.4 is 0 Å². The minimum Gasteiger partial charge on any atom is -0.461 e. The van der Waals surface area contributed by atoms with Gasteiger partial charge in [-0.15, -0.1) is 0 Å². The number of H-pyrrole nitrogens is 1. The van der Waals surface area contributed by atoms with Crippen molar-refractivity contribution in [1.29, 1.82) is 0 Å². The summed E-state index contributed by atoms with van der Waals surface area (Å²) in [6, 6.07) is 6.44. The number of benzene rings is 1. The first kappa shape index (κ1) is 11.6. The van der Waals surface area contributed by atoms with Gasteiger partial charge in [0.25, 0.3) is 0 Å². The predicted octanol–water partition coefficient (Wildman–Crippen LogP) is 3.03. The first-order valence-corrected chi connectivity index (χ1v) is 5.93. The lowest BCUT2D eigenvalue weighted by molar-refractivity contribution is 0.0520. The summed E-state index contributed by atoms with van der Waals surface area (Å²) in [6.07, 6.45) is 1.51. The molecule has 5 heteroatoms. The molecular weight excluding hydrogens is 247 g/mol. The largest absolute Gasteiger partial charge is 0.461 e. The van der Waals surface area contributed by atoms with Gasteiger partial charge in [0.2, 0.25) is 0 Å². The van der Waals surface area contributed by atoms with Gasteiger partial charge < -0.3 is 9.72 Å². The normalized spacial score (nSPS) is 11.1. The highest BCUT2D eigenvalue weighted by Gasteiger charge is 2.13. The quantitative estimate of drug-likeness (QED) is 0.719. The van der Waals surface area contributed by atoms with Crippen molar-refractivity contribution in [1.82, 2.24) is 9.97 Å². The monoisotopic (exact) mass is 258 g/mol. The van der Waals surface area contributed by atoms with Gasteiger partial charge in [-0.05, 0) is 19.1 Å². The third kappa shape index (κ3) is 1.83. The van der Waals surface area contributed by atoms with Gasteiger partial charge in [-0.1, -0.05) is 12.1 Å². The Bertz CT molecular complexity index is 780. The highest BCUT2D eigenvalue weighted by Crippen LogP contribution is 2.27. The number of halogens is 1. The summed E-state index contributed by atoms with van der Waals surface area (Å²) in [5, 5.41) is 1.48. The maximum absolute atomic E-state index is 13.7. The summed E-state index contributed by atoms with van der Waals surface area (Å²) in [4.78, 5) is 18.6. The van der Waals surface area contributed by atoms with Crippen LogP contribution in [-0.2, 0) is 4.74 Å². The lowest BCUT2D eigenvalue weighted by Crippen LogP contribution is -2.06. The van der Waals surface area contributed by atoms with E-state index >= 15 is 0 Å². The molecule has 0 spiro atoms. The molecule has 4 nitrogen and oxygen atoms in total. The minimum atomic E-state index is -0.477. The Balaban J connectivity index is 2.24. The lowest BCUT2D eigenvalue weighted by atomic mass is 10.1. The summed E-state index contributed by atoms with van der Waals surface area (Å²) in [7, 11) is 0. The van der Waals surface area contributed by atoms with E-state index in [9.17, 15) is 9.18 Å². The number of rotatable bonds is 2. The molecule has 0 atom stereocenters. The zero-order valence-electron chi connectivity index (χ0n) is 10.2. The lowest BCUT2D eigenvalue weighted by Gasteiger charge is -2.00. The summed E-state index contributed by atoms with van der Waals surface area (Å²) >= 11 is 0. The van der Waals surface area contributed by atoms with Crippen molar-refractivity contribution in [3.05, 3.63) is 42.0 Å². The smallest absolute Gasteiger partial charge is 0.356 e. The molecule has 3 aromatic rings. The first-order chi connectivity index (χ1) is 9.20. The van der Waals surface area contributed by atoms with Crippen LogP contribution in [0.1, 0.15) is 17.4 Å². The van der Waals surface area contributed by atoms with Gasteiger partial charge in [0.05, 0.1) is 23.8 Å². The van der Waals surface area contributed by atoms with Gasteiger partial charge >= 0.3 is 5.97 Å². The molecule has 0 saturated heterocycles. The highest BCUT2D eigenvalue weighted by molar-refractivity contribution is 6.08. The predicted molar refractivity (Wildman–Crippen MR) is 69.5 cm³/mol. The van der Waals surface area contributed by atoms with Gasteiger partial charge in [-0.25, -0.2) is 14.2 Å². The fraction of sp³-hybridized carbons (Fsp3) is 0.143. The number of carbonyl (C=O) groups is 1. The molecule has 0 aliphatic heterocycles. The summed E-state index contributed by atoms with van der Waals surface area (Å²) in [6.45, 7) is 2.03. The molecule has 0 saturated carbocycles. The van der Waals surface area contributed by atoms with Crippen molar-refractivity contribution in [3.8, 4) is 0 Å². The van der Waals surface area contributed by atoms with Crippen LogP contribution in [0, 0.1) is 5.82 Å². The van der Waals surface area contributed by atoms with Gasteiger partial charge in [0, 0.05) is 10.8 Å². The molecule has 1 aromatic carbocycles. The molecule has 0 fully saturated rings. The summed E-state index contributed by atoms with van der Waals surface area (Å²) < 4.78 is 18.6. The van der Waals surface area contributed by atoms with Gasteiger partial charge in [0.1, 0.15) is 11.5 Å². The Hall–Kier alpha value is -2.43. The number of hydrogen-bond donors (Lipinski definition) is 1. The summed E-state index contributed by atoms with van der Waals surface area (Å²) in [5.74, 6) is -0.804. The van der Waals surface area contributed by atoms with Crippen LogP contribution in [0.4, 0.5) is 4.39 Å². The molecule has 1 N–H and O–H groups in total. The number of hydrogen-bond acceptors (Lipinski definition) is 3. The number of nitrogens with one attached hydrogen (secondary N) is 1. The zero-order chi connectivity index (χ0) is 13.4. The van der Waals surface area contributed by atoms with E-state index < -0.39 is 5.97 Å². The maximum atomic E-state index is 13.7. The minimum absolute atomic E-state index is 0.222. The Labute approximate surface area is 108 Å². The molecule has 0 aliphatic carbocycles. The van der Waals surface area contributed by atoms with Crippen molar-refractivity contribution < 1.29 is 13.9 Å². The Morgan fingerprint density at radius 1 is 1.42 bits per heavy atom. The molecule has 0 bridgehead atoms. The molecule has 3 rings (SSSR count). The maximum Gasteiger partial charge on any atom is 0.356 e. The SMILES string of the molecule is CCOC(=O)c1cc2c(cn1)[nH]c1c(F)cccc12. The van der Waals surface area contributed by atoms with Crippen LogP contribution in [-0.4, -0.2) is 22.5 Å². The second-order valence-electron chi connectivity index (χ2n) is 4.12. The Morgan fingerprint density at radius 3 is 3.05 bits per heavy atom. The third-order valence-electron chi connectivity index (χ3n) is 2.95. The first-order valence-electron chi connectivity index (χ1n) is 5.93. The fourth-order valence-electron chi connectivity index (χ4n) is 2.10. The van der Waals surface area contributed by atoms with E-state index in [0.29, 0.717) is 17.6 Å².